The molecule has 1 aromatic heterocycles. The van der Waals surface area contributed by atoms with Crippen LogP contribution in [0.3, 0.4) is 0 Å². The Hall–Kier alpha value is -2.55. The van der Waals surface area contributed by atoms with Crippen LogP contribution in [0.25, 0.3) is 11.1 Å². The van der Waals surface area contributed by atoms with Crippen LogP contribution in [0.1, 0.15) is 13.0 Å². The van der Waals surface area contributed by atoms with E-state index in [9.17, 15) is 0 Å². The van der Waals surface area contributed by atoms with Crippen molar-refractivity contribution in [2.24, 2.45) is 0 Å². The fourth-order valence-corrected chi connectivity index (χ4v) is 2.27. The number of anilines is 1. The van der Waals surface area contributed by atoms with Gasteiger partial charge in [-0.3, -0.25) is 4.68 Å². The molecule has 0 saturated carbocycles. The molecule has 1 N–H and O–H groups in total. The van der Waals surface area contributed by atoms with Gasteiger partial charge in [0.05, 0.1) is 12.2 Å². The van der Waals surface area contributed by atoms with Gasteiger partial charge in [-0.15, -0.1) is 0 Å². The summed E-state index contributed by atoms with van der Waals surface area (Å²) in [6.07, 6.45) is 4.03. The van der Waals surface area contributed by atoms with Crippen molar-refractivity contribution in [3.05, 3.63) is 73.1 Å². The van der Waals surface area contributed by atoms with Crippen LogP contribution < -0.4 is 5.32 Å². The lowest BCUT2D eigenvalue weighted by Crippen LogP contribution is -2.16. The number of aromatic nitrogens is 2. The number of benzene rings is 2. The topological polar surface area (TPSA) is 29.9 Å². The molecule has 0 spiro atoms. The van der Waals surface area contributed by atoms with Gasteiger partial charge < -0.3 is 5.32 Å². The summed E-state index contributed by atoms with van der Waals surface area (Å²) in [7, 11) is 0. The maximum atomic E-state index is 4.48. The molecule has 0 radical (unpaired) electrons. The number of rotatable bonds is 5. The largest absolute Gasteiger partial charge is 0.383 e. The fourth-order valence-electron chi connectivity index (χ4n) is 2.27. The van der Waals surface area contributed by atoms with E-state index in [1.54, 1.807) is 0 Å². The predicted molar refractivity (Wildman–Crippen MR) is 87.3 cm³/mol. The first kappa shape index (κ1) is 13.4. The lowest BCUT2D eigenvalue weighted by Gasteiger charge is -2.14. The molecule has 0 amide bonds. The van der Waals surface area contributed by atoms with Crippen LogP contribution in [-0.4, -0.2) is 16.3 Å². The summed E-state index contributed by atoms with van der Waals surface area (Å²) in [5.41, 5.74) is 3.49. The molecule has 21 heavy (non-hydrogen) atoms. The summed E-state index contributed by atoms with van der Waals surface area (Å²) in [5.74, 6) is 0. The van der Waals surface area contributed by atoms with Crippen LogP contribution in [0.4, 0.5) is 5.69 Å². The summed E-state index contributed by atoms with van der Waals surface area (Å²) in [4.78, 5) is 0. The van der Waals surface area contributed by atoms with E-state index >= 15 is 0 Å². The third-order valence-electron chi connectivity index (χ3n) is 3.54. The molecule has 1 unspecified atom stereocenters. The van der Waals surface area contributed by atoms with Crippen LogP contribution >= 0.6 is 0 Å². The lowest BCUT2D eigenvalue weighted by atomic mass is 10.1. The summed E-state index contributed by atoms with van der Waals surface area (Å²) in [6, 6.07) is 20.9. The number of hydrogen-bond donors (Lipinski definition) is 1. The van der Waals surface area contributed by atoms with E-state index < -0.39 is 0 Å². The minimum absolute atomic E-state index is 0.294. The zero-order chi connectivity index (χ0) is 14.5. The van der Waals surface area contributed by atoms with Crippen molar-refractivity contribution in [3.8, 4) is 11.1 Å². The summed E-state index contributed by atoms with van der Waals surface area (Å²) in [5, 5.41) is 7.91. The van der Waals surface area contributed by atoms with Crippen molar-refractivity contribution in [1.29, 1.82) is 0 Å². The molecule has 2 aromatic carbocycles. The van der Waals surface area contributed by atoms with Gasteiger partial charge in [0, 0.05) is 24.0 Å². The standard InChI is InChI=1S/C18H19N3/c1-15(12-19-18-10-6-3-7-11-18)21-14-17(13-20-21)16-8-4-2-5-9-16/h2-11,13-15,19H,12H2,1H3. The fraction of sp³-hybridized carbons (Fsp3) is 0.167. The van der Waals surface area contributed by atoms with E-state index in [1.165, 1.54) is 5.56 Å². The molecule has 1 atom stereocenters. The Morgan fingerprint density at radius 2 is 1.62 bits per heavy atom. The molecule has 106 valence electrons. The summed E-state index contributed by atoms with van der Waals surface area (Å²) in [6.45, 7) is 3.01. The first-order valence-corrected chi connectivity index (χ1v) is 7.21. The highest BCUT2D eigenvalue weighted by Gasteiger charge is 2.07. The van der Waals surface area contributed by atoms with Gasteiger partial charge in [-0.25, -0.2) is 0 Å². The molecular weight excluding hydrogens is 258 g/mol. The molecule has 3 aromatic rings. The molecule has 0 bridgehead atoms. The predicted octanol–water partition coefficient (Wildman–Crippen LogP) is 4.22. The quantitative estimate of drug-likeness (QED) is 0.756. The molecule has 3 heteroatoms. The molecular formula is C18H19N3. The number of hydrogen-bond acceptors (Lipinski definition) is 2. The summed E-state index contributed by atoms with van der Waals surface area (Å²) >= 11 is 0. The maximum Gasteiger partial charge on any atom is 0.0663 e. The SMILES string of the molecule is CC(CNc1ccccc1)n1cc(-c2ccccc2)cn1. The van der Waals surface area contributed by atoms with Crippen molar-refractivity contribution in [3.63, 3.8) is 0 Å². The molecule has 1 heterocycles. The Morgan fingerprint density at radius 3 is 2.33 bits per heavy atom. The van der Waals surface area contributed by atoms with Crippen LogP contribution in [0.2, 0.25) is 0 Å². The minimum Gasteiger partial charge on any atom is -0.383 e. The monoisotopic (exact) mass is 277 g/mol. The molecule has 3 rings (SSSR count). The van der Waals surface area contributed by atoms with Gasteiger partial charge in [-0.2, -0.15) is 5.10 Å². The van der Waals surface area contributed by atoms with Crippen molar-refractivity contribution in [1.82, 2.24) is 9.78 Å². The van der Waals surface area contributed by atoms with Crippen LogP contribution in [-0.2, 0) is 0 Å². The number of nitrogens with one attached hydrogen (secondary N) is 1. The number of para-hydroxylation sites is 1. The lowest BCUT2D eigenvalue weighted by molar-refractivity contribution is 0.512. The van der Waals surface area contributed by atoms with E-state index in [2.05, 4.69) is 47.8 Å². The third kappa shape index (κ3) is 3.31. The molecule has 0 saturated heterocycles. The average molecular weight is 277 g/mol. The number of nitrogens with zero attached hydrogens (tertiary/aromatic N) is 2. The van der Waals surface area contributed by atoms with Gasteiger partial charge in [0.1, 0.15) is 0 Å². The highest BCUT2D eigenvalue weighted by Crippen LogP contribution is 2.19. The van der Waals surface area contributed by atoms with Gasteiger partial charge in [0.15, 0.2) is 0 Å². The van der Waals surface area contributed by atoms with Crippen molar-refractivity contribution >= 4 is 5.69 Å². The van der Waals surface area contributed by atoms with E-state index in [1.807, 2.05) is 47.3 Å². The molecule has 3 nitrogen and oxygen atoms in total. The highest BCUT2D eigenvalue weighted by atomic mass is 15.3. The van der Waals surface area contributed by atoms with Gasteiger partial charge in [0.2, 0.25) is 0 Å². The summed E-state index contributed by atoms with van der Waals surface area (Å²) < 4.78 is 2.01. The smallest absolute Gasteiger partial charge is 0.0663 e. The van der Waals surface area contributed by atoms with E-state index in [0.717, 1.165) is 17.8 Å². The normalized spacial score (nSPS) is 12.0. The first-order valence-electron chi connectivity index (χ1n) is 7.21. The Bertz CT molecular complexity index is 674. The highest BCUT2D eigenvalue weighted by molar-refractivity contribution is 5.61. The maximum absolute atomic E-state index is 4.48. The van der Waals surface area contributed by atoms with Crippen molar-refractivity contribution in [2.45, 2.75) is 13.0 Å². The Kier molecular flexibility index (Phi) is 4.01. The van der Waals surface area contributed by atoms with Gasteiger partial charge in [-0.05, 0) is 24.6 Å². The van der Waals surface area contributed by atoms with Gasteiger partial charge in [-0.1, -0.05) is 48.5 Å². The second kappa shape index (κ2) is 6.27. The van der Waals surface area contributed by atoms with Crippen molar-refractivity contribution < 1.29 is 0 Å². The minimum atomic E-state index is 0.294. The molecule has 0 aliphatic rings. The molecule has 0 fully saturated rings. The van der Waals surface area contributed by atoms with E-state index in [4.69, 9.17) is 0 Å². The van der Waals surface area contributed by atoms with Crippen LogP contribution in [0, 0.1) is 0 Å². The third-order valence-corrected chi connectivity index (χ3v) is 3.54. The second-order valence-corrected chi connectivity index (χ2v) is 5.17. The Morgan fingerprint density at radius 1 is 0.952 bits per heavy atom. The Labute approximate surface area is 125 Å². The first-order chi connectivity index (χ1) is 10.3. The van der Waals surface area contributed by atoms with Crippen molar-refractivity contribution in [2.75, 3.05) is 11.9 Å². The zero-order valence-electron chi connectivity index (χ0n) is 12.1. The van der Waals surface area contributed by atoms with E-state index in [0.29, 0.717) is 6.04 Å². The van der Waals surface area contributed by atoms with E-state index in [-0.39, 0.29) is 0 Å². The zero-order valence-corrected chi connectivity index (χ0v) is 12.1. The molecule has 0 aliphatic heterocycles. The van der Waals surface area contributed by atoms with Crippen LogP contribution in [0.5, 0.6) is 0 Å². The second-order valence-electron chi connectivity index (χ2n) is 5.17. The Balaban J connectivity index is 1.66. The van der Waals surface area contributed by atoms with Gasteiger partial charge >= 0.3 is 0 Å². The average Bonchev–Trinajstić information content (AvgIpc) is 3.04. The van der Waals surface area contributed by atoms with Gasteiger partial charge in [0.25, 0.3) is 0 Å². The molecule has 0 aliphatic carbocycles. The van der Waals surface area contributed by atoms with Crippen LogP contribution in [0.15, 0.2) is 73.1 Å².